The zero-order valence-corrected chi connectivity index (χ0v) is 7.03. The number of rotatable bonds is 4. The second-order valence-corrected chi connectivity index (χ2v) is 2.31. The molecule has 11 heavy (non-hydrogen) atoms. The number of esters is 1. The minimum Gasteiger partial charge on any atom is -0.458 e. The van der Waals surface area contributed by atoms with E-state index in [-0.39, 0.29) is 6.61 Å². The Kier molecular flexibility index (Phi) is 4.81. The van der Waals surface area contributed by atoms with Crippen LogP contribution in [-0.2, 0) is 14.3 Å². The van der Waals surface area contributed by atoms with E-state index in [0.717, 1.165) is 0 Å². The van der Waals surface area contributed by atoms with Gasteiger partial charge < -0.3 is 14.6 Å². The lowest BCUT2D eigenvalue weighted by molar-refractivity contribution is -0.160. The van der Waals surface area contributed by atoms with E-state index in [0.29, 0.717) is 0 Å². The van der Waals surface area contributed by atoms with Crippen LogP contribution in [0.5, 0.6) is 0 Å². The lowest BCUT2D eigenvalue weighted by Crippen LogP contribution is -2.27. The van der Waals surface area contributed by atoms with E-state index < -0.39 is 18.2 Å². The molecule has 0 saturated heterocycles. The third-order valence-electron chi connectivity index (χ3n) is 1.26. The summed E-state index contributed by atoms with van der Waals surface area (Å²) in [5.74, 6) is -0.450. The molecule has 0 rings (SSSR count). The minimum absolute atomic E-state index is 0.165. The van der Waals surface area contributed by atoms with Crippen LogP contribution in [0, 0.1) is 0 Å². The molecule has 4 nitrogen and oxygen atoms in total. The maximum absolute atomic E-state index is 10.9. The average Bonchev–Trinajstić information content (AvgIpc) is 2.02. The Morgan fingerprint density at radius 1 is 1.55 bits per heavy atom. The van der Waals surface area contributed by atoms with Crippen molar-refractivity contribution in [2.24, 2.45) is 0 Å². The smallest absolute Gasteiger partial charge is 0.335 e. The molecule has 0 radical (unpaired) electrons. The molecular formula is C7H14O4. The fourth-order valence-electron chi connectivity index (χ4n) is 0.428. The average molecular weight is 162 g/mol. The maximum Gasteiger partial charge on any atom is 0.335 e. The molecule has 2 atom stereocenters. The molecule has 0 fully saturated rings. The van der Waals surface area contributed by atoms with Crippen LogP contribution in [0.1, 0.15) is 13.8 Å². The van der Waals surface area contributed by atoms with E-state index >= 15 is 0 Å². The van der Waals surface area contributed by atoms with Gasteiger partial charge in [0.2, 0.25) is 0 Å². The Labute approximate surface area is 66.1 Å². The first-order valence-corrected chi connectivity index (χ1v) is 3.46. The van der Waals surface area contributed by atoms with Crippen LogP contribution >= 0.6 is 0 Å². The lowest BCUT2D eigenvalue weighted by Gasteiger charge is -2.13. The molecule has 0 spiro atoms. The largest absolute Gasteiger partial charge is 0.458 e. The van der Waals surface area contributed by atoms with Crippen molar-refractivity contribution in [1.29, 1.82) is 0 Å². The summed E-state index contributed by atoms with van der Waals surface area (Å²) in [7, 11) is 1.43. The van der Waals surface area contributed by atoms with E-state index in [1.165, 1.54) is 7.11 Å². The van der Waals surface area contributed by atoms with E-state index in [9.17, 15) is 4.79 Å². The summed E-state index contributed by atoms with van der Waals surface area (Å²) in [6.45, 7) is 3.04. The van der Waals surface area contributed by atoms with Crippen molar-refractivity contribution in [3.8, 4) is 0 Å². The zero-order chi connectivity index (χ0) is 8.85. The number of hydrogen-bond acceptors (Lipinski definition) is 4. The Bertz CT molecular complexity index is 124. The molecule has 0 bridgehead atoms. The van der Waals surface area contributed by atoms with E-state index in [2.05, 4.69) is 0 Å². The fraction of sp³-hybridized carbons (Fsp3) is 0.857. The van der Waals surface area contributed by atoms with Crippen molar-refractivity contribution < 1.29 is 19.4 Å². The number of methoxy groups -OCH3 is 1. The number of ether oxygens (including phenoxy) is 2. The molecule has 0 aromatic heterocycles. The van der Waals surface area contributed by atoms with Crippen LogP contribution in [0.2, 0.25) is 0 Å². The zero-order valence-electron chi connectivity index (χ0n) is 7.03. The predicted molar refractivity (Wildman–Crippen MR) is 39.1 cm³/mol. The molecule has 4 heteroatoms. The summed E-state index contributed by atoms with van der Waals surface area (Å²) in [6, 6.07) is 0. The minimum atomic E-state index is -0.566. The molecular weight excluding hydrogens is 148 g/mol. The number of aliphatic hydroxyl groups is 1. The Hall–Kier alpha value is -0.610. The van der Waals surface area contributed by atoms with Crippen LogP contribution in [0.3, 0.4) is 0 Å². The maximum atomic E-state index is 10.9. The standard InChI is InChI=1S/C7H14O4/c1-5(4-8)11-7(9)6(2)10-3/h5-6,8H,4H2,1-3H3. The van der Waals surface area contributed by atoms with Gasteiger partial charge in [-0.15, -0.1) is 0 Å². The fourth-order valence-corrected chi connectivity index (χ4v) is 0.428. The monoisotopic (exact) mass is 162 g/mol. The summed E-state index contributed by atoms with van der Waals surface area (Å²) in [6.07, 6.45) is -1.02. The predicted octanol–water partition coefficient (Wildman–Crippen LogP) is -0.0547. The van der Waals surface area contributed by atoms with Crippen LogP contribution < -0.4 is 0 Å². The highest BCUT2D eigenvalue weighted by Gasteiger charge is 2.15. The van der Waals surface area contributed by atoms with Gasteiger partial charge in [-0.1, -0.05) is 0 Å². The van der Waals surface area contributed by atoms with Crippen molar-refractivity contribution in [1.82, 2.24) is 0 Å². The van der Waals surface area contributed by atoms with Crippen LogP contribution in [0.15, 0.2) is 0 Å². The summed E-state index contributed by atoms with van der Waals surface area (Å²) in [5.41, 5.74) is 0. The van der Waals surface area contributed by atoms with Gasteiger partial charge in [0.05, 0.1) is 6.61 Å². The first-order chi connectivity index (χ1) is 5.11. The highest BCUT2D eigenvalue weighted by Crippen LogP contribution is 1.96. The quantitative estimate of drug-likeness (QED) is 0.589. The summed E-state index contributed by atoms with van der Waals surface area (Å²) < 4.78 is 9.44. The number of carbonyl (C=O) groups excluding carboxylic acids is 1. The van der Waals surface area contributed by atoms with E-state index in [1.54, 1.807) is 13.8 Å². The first kappa shape index (κ1) is 10.4. The molecule has 1 N–H and O–H groups in total. The van der Waals surface area contributed by atoms with E-state index in [1.807, 2.05) is 0 Å². The summed E-state index contributed by atoms with van der Waals surface area (Å²) in [5, 5.41) is 8.52. The Balaban J connectivity index is 3.68. The van der Waals surface area contributed by atoms with Gasteiger partial charge in [0, 0.05) is 7.11 Å². The van der Waals surface area contributed by atoms with Gasteiger partial charge >= 0.3 is 5.97 Å². The molecule has 0 aliphatic carbocycles. The van der Waals surface area contributed by atoms with Crippen molar-refractivity contribution in [3.05, 3.63) is 0 Å². The topological polar surface area (TPSA) is 55.8 Å². The molecule has 0 aliphatic rings. The molecule has 0 aromatic carbocycles. The van der Waals surface area contributed by atoms with Gasteiger partial charge in [-0.25, -0.2) is 4.79 Å². The van der Waals surface area contributed by atoms with Crippen LogP contribution in [0.4, 0.5) is 0 Å². The summed E-state index contributed by atoms with van der Waals surface area (Å²) >= 11 is 0. The third-order valence-corrected chi connectivity index (χ3v) is 1.26. The van der Waals surface area contributed by atoms with Gasteiger partial charge in [-0.3, -0.25) is 0 Å². The van der Waals surface area contributed by atoms with Crippen molar-refractivity contribution >= 4 is 5.97 Å². The van der Waals surface area contributed by atoms with Crippen molar-refractivity contribution in [2.75, 3.05) is 13.7 Å². The number of hydrogen-bond donors (Lipinski definition) is 1. The van der Waals surface area contributed by atoms with Crippen LogP contribution in [0.25, 0.3) is 0 Å². The SMILES string of the molecule is COC(C)C(=O)OC(C)CO. The van der Waals surface area contributed by atoms with Gasteiger partial charge in [-0.2, -0.15) is 0 Å². The molecule has 0 saturated carbocycles. The summed E-state index contributed by atoms with van der Waals surface area (Å²) in [4.78, 5) is 10.9. The molecule has 0 heterocycles. The number of carbonyl (C=O) groups is 1. The van der Waals surface area contributed by atoms with Gasteiger partial charge in [0.1, 0.15) is 6.10 Å². The highest BCUT2D eigenvalue weighted by atomic mass is 16.6. The molecule has 0 aliphatic heterocycles. The second-order valence-electron chi connectivity index (χ2n) is 2.31. The molecule has 66 valence electrons. The Morgan fingerprint density at radius 2 is 2.09 bits per heavy atom. The lowest BCUT2D eigenvalue weighted by atomic mass is 10.4. The van der Waals surface area contributed by atoms with Crippen molar-refractivity contribution in [2.45, 2.75) is 26.1 Å². The second kappa shape index (κ2) is 5.09. The normalized spacial score (nSPS) is 15.6. The molecule has 2 unspecified atom stereocenters. The molecule has 0 aromatic rings. The third kappa shape index (κ3) is 3.95. The van der Waals surface area contributed by atoms with Gasteiger partial charge in [0.25, 0.3) is 0 Å². The van der Waals surface area contributed by atoms with Gasteiger partial charge in [0.15, 0.2) is 6.10 Å². The van der Waals surface area contributed by atoms with Crippen LogP contribution in [-0.4, -0.2) is 37.0 Å². The molecule has 0 amide bonds. The Morgan fingerprint density at radius 3 is 2.45 bits per heavy atom. The van der Waals surface area contributed by atoms with Gasteiger partial charge in [-0.05, 0) is 13.8 Å². The van der Waals surface area contributed by atoms with Crippen molar-refractivity contribution in [3.63, 3.8) is 0 Å². The van der Waals surface area contributed by atoms with E-state index in [4.69, 9.17) is 14.6 Å². The first-order valence-electron chi connectivity index (χ1n) is 3.46. The number of aliphatic hydroxyl groups excluding tert-OH is 1. The highest BCUT2D eigenvalue weighted by molar-refractivity contribution is 5.74.